The summed E-state index contributed by atoms with van der Waals surface area (Å²) in [5, 5.41) is 3.94. The van der Waals surface area contributed by atoms with Crippen molar-refractivity contribution in [3.8, 4) is 0 Å². The van der Waals surface area contributed by atoms with E-state index in [1.165, 1.54) is 11.9 Å². The molecule has 1 unspecified atom stereocenters. The van der Waals surface area contributed by atoms with Crippen LogP contribution in [0.4, 0.5) is 13.2 Å². The van der Waals surface area contributed by atoms with Crippen molar-refractivity contribution in [2.24, 2.45) is 0 Å². The molecule has 1 aromatic heterocycles. The quantitative estimate of drug-likeness (QED) is 0.915. The number of benzene rings is 1. The van der Waals surface area contributed by atoms with Crippen LogP contribution >= 0.6 is 0 Å². The average molecular weight is 286 g/mol. The second-order valence-corrected chi connectivity index (χ2v) is 4.84. The zero-order chi connectivity index (χ0) is 14.8. The Labute approximate surface area is 115 Å². The van der Waals surface area contributed by atoms with E-state index in [2.05, 4.69) is 5.32 Å². The monoisotopic (exact) mass is 286 g/mol. The van der Waals surface area contributed by atoms with Crippen LogP contribution in [0.5, 0.6) is 0 Å². The smallest absolute Gasteiger partial charge is 0.401 e. The number of alkyl halides is 3. The van der Waals surface area contributed by atoms with Crippen molar-refractivity contribution < 1.29 is 17.6 Å². The predicted octanol–water partition coefficient (Wildman–Crippen LogP) is 3.19. The highest BCUT2D eigenvalue weighted by Crippen LogP contribution is 2.25. The van der Waals surface area contributed by atoms with Crippen molar-refractivity contribution >= 4 is 11.0 Å². The molecule has 110 valence electrons. The molecular formula is C14H17F3N2O. The second kappa shape index (κ2) is 5.85. The number of para-hydroxylation sites is 1. The Morgan fingerprint density at radius 1 is 1.30 bits per heavy atom. The van der Waals surface area contributed by atoms with E-state index in [0.29, 0.717) is 5.76 Å². The normalized spacial score (nSPS) is 14.1. The lowest BCUT2D eigenvalue weighted by Crippen LogP contribution is -2.37. The lowest BCUT2D eigenvalue weighted by Gasteiger charge is -2.23. The maximum absolute atomic E-state index is 12.3. The Hall–Kier alpha value is -1.53. The van der Waals surface area contributed by atoms with Gasteiger partial charge in [-0.15, -0.1) is 0 Å². The summed E-state index contributed by atoms with van der Waals surface area (Å²) in [5.41, 5.74) is 0.737. The maximum atomic E-state index is 12.3. The molecule has 0 bridgehead atoms. The zero-order valence-corrected chi connectivity index (χ0v) is 11.4. The van der Waals surface area contributed by atoms with E-state index in [9.17, 15) is 13.2 Å². The van der Waals surface area contributed by atoms with Crippen molar-refractivity contribution in [2.45, 2.75) is 12.2 Å². The maximum Gasteiger partial charge on any atom is 0.401 e. The van der Waals surface area contributed by atoms with Crippen molar-refractivity contribution in [3.63, 3.8) is 0 Å². The first-order valence-corrected chi connectivity index (χ1v) is 6.30. The van der Waals surface area contributed by atoms with Crippen LogP contribution < -0.4 is 5.32 Å². The zero-order valence-electron chi connectivity index (χ0n) is 11.4. The van der Waals surface area contributed by atoms with Crippen molar-refractivity contribution in [1.82, 2.24) is 10.2 Å². The minimum atomic E-state index is -4.19. The van der Waals surface area contributed by atoms with E-state index in [1.54, 1.807) is 7.05 Å². The Morgan fingerprint density at radius 2 is 2.00 bits per heavy atom. The molecule has 1 N–H and O–H groups in total. The summed E-state index contributed by atoms with van der Waals surface area (Å²) in [6, 6.07) is 9.08. The number of rotatable bonds is 5. The highest BCUT2D eigenvalue weighted by molar-refractivity contribution is 5.77. The Bertz CT molecular complexity index is 532. The Morgan fingerprint density at radius 3 is 2.60 bits per heavy atom. The van der Waals surface area contributed by atoms with Crippen LogP contribution in [0.1, 0.15) is 11.8 Å². The van der Waals surface area contributed by atoms with Gasteiger partial charge in [-0.1, -0.05) is 18.2 Å². The Balaban J connectivity index is 2.11. The van der Waals surface area contributed by atoms with Crippen LogP contribution in [-0.4, -0.2) is 38.3 Å². The molecule has 0 saturated heterocycles. The van der Waals surface area contributed by atoms with Gasteiger partial charge >= 0.3 is 6.18 Å². The number of hydrogen-bond donors (Lipinski definition) is 1. The molecule has 0 amide bonds. The summed E-state index contributed by atoms with van der Waals surface area (Å²) in [4.78, 5) is 1.23. The van der Waals surface area contributed by atoms with Crippen molar-refractivity contribution in [2.75, 3.05) is 27.2 Å². The van der Waals surface area contributed by atoms with E-state index < -0.39 is 12.7 Å². The molecule has 20 heavy (non-hydrogen) atoms. The first kappa shape index (κ1) is 14.9. The number of furan rings is 1. The minimum Gasteiger partial charge on any atom is -0.459 e. The summed E-state index contributed by atoms with van der Waals surface area (Å²) in [7, 11) is 3.15. The fraction of sp³-hybridized carbons (Fsp3) is 0.429. The molecule has 0 aliphatic heterocycles. The molecule has 0 aliphatic rings. The Kier molecular flexibility index (Phi) is 4.35. The van der Waals surface area contributed by atoms with Gasteiger partial charge in [-0.05, 0) is 26.2 Å². The number of halogens is 3. The first-order chi connectivity index (χ1) is 9.39. The summed E-state index contributed by atoms with van der Waals surface area (Å²) in [6.07, 6.45) is -4.19. The number of likely N-dealkylation sites (N-methyl/N-ethyl adjacent to an activating group) is 2. The lowest BCUT2D eigenvalue weighted by molar-refractivity contribution is -0.143. The number of hydrogen-bond acceptors (Lipinski definition) is 3. The van der Waals surface area contributed by atoms with Gasteiger partial charge in [0.05, 0.1) is 12.6 Å². The van der Waals surface area contributed by atoms with Crippen LogP contribution in [-0.2, 0) is 0 Å². The van der Waals surface area contributed by atoms with Crippen LogP contribution in [0.25, 0.3) is 11.0 Å². The molecule has 1 aromatic carbocycles. The molecule has 2 rings (SSSR count). The highest BCUT2D eigenvalue weighted by Gasteiger charge is 2.30. The van der Waals surface area contributed by atoms with Gasteiger partial charge in [0.15, 0.2) is 0 Å². The fourth-order valence-electron chi connectivity index (χ4n) is 2.18. The molecule has 1 atom stereocenters. The number of nitrogens with one attached hydrogen (secondary N) is 1. The molecule has 6 heteroatoms. The van der Waals surface area contributed by atoms with Crippen LogP contribution in [0.2, 0.25) is 0 Å². The second-order valence-electron chi connectivity index (χ2n) is 4.84. The minimum absolute atomic E-state index is 0.218. The molecule has 0 radical (unpaired) electrons. The molecule has 0 fully saturated rings. The van der Waals surface area contributed by atoms with E-state index in [-0.39, 0.29) is 12.6 Å². The lowest BCUT2D eigenvalue weighted by atomic mass is 10.2. The third kappa shape index (κ3) is 3.74. The van der Waals surface area contributed by atoms with E-state index >= 15 is 0 Å². The molecule has 3 nitrogen and oxygen atoms in total. The largest absolute Gasteiger partial charge is 0.459 e. The van der Waals surface area contributed by atoms with Gasteiger partial charge in [-0.25, -0.2) is 0 Å². The van der Waals surface area contributed by atoms with E-state index in [0.717, 1.165) is 11.0 Å². The first-order valence-electron chi connectivity index (χ1n) is 6.30. The molecule has 0 saturated carbocycles. The van der Waals surface area contributed by atoms with Crippen LogP contribution in [0.3, 0.4) is 0 Å². The fourth-order valence-corrected chi connectivity index (χ4v) is 2.18. The molecule has 1 heterocycles. The third-order valence-electron chi connectivity index (χ3n) is 3.08. The molecule has 0 aliphatic carbocycles. The standard InChI is InChI=1S/C14H17F3N2O/c1-18-11(8-19(2)9-14(15,16)17)13-7-10-5-3-4-6-12(10)20-13/h3-7,11,18H,8-9H2,1-2H3. The van der Waals surface area contributed by atoms with Crippen molar-refractivity contribution in [1.29, 1.82) is 0 Å². The summed E-state index contributed by atoms with van der Waals surface area (Å²) in [5.74, 6) is 0.641. The SMILES string of the molecule is CNC(CN(C)CC(F)(F)F)c1cc2ccccc2o1. The molecular weight excluding hydrogens is 269 g/mol. The van der Waals surface area contributed by atoms with E-state index in [4.69, 9.17) is 4.42 Å². The van der Waals surface area contributed by atoms with Crippen molar-refractivity contribution in [3.05, 3.63) is 36.1 Å². The van der Waals surface area contributed by atoms with Crippen LogP contribution in [0.15, 0.2) is 34.7 Å². The van der Waals surface area contributed by atoms with Crippen LogP contribution in [0, 0.1) is 0 Å². The van der Waals surface area contributed by atoms with Gasteiger partial charge < -0.3 is 9.73 Å². The van der Waals surface area contributed by atoms with E-state index in [1.807, 2.05) is 30.3 Å². The molecule has 0 spiro atoms. The summed E-state index contributed by atoms with van der Waals surface area (Å²) in [6.45, 7) is -0.721. The number of nitrogens with zero attached hydrogens (tertiary/aromatic N) is 1. The van der Waals surface area contributed by atoms with Gasteiger partial charge in [0.25, 0.3) is 0 Å². The van der Waals surface area contributed by atoms with Gasteiger partial charge in [0, 0.05) is 11.9 Å². The molecule has 2 aromatic rings. The predicted molar refractivity (Wildman–Crippen MR) is 71.6 cm³/mol. The summed E-state index contributed by atoms with van der Waals surface area (Å²) >= 11 is 0. The third-order valence-corrected chi connectivity index (χ3v) is 3.08. The summed E-state index contributed by atoms with van der Waals surface area (Å²) < 4.78 is 42.7. The van der Waals surface area contributed by atoms with Gasteiger partial charge in [-0.3, -0.25) is 4.90 Å². The van der Waals surface area contributed by atoms with Gasteiger partial charge in [0.1, 0.15) is 11.3 Å². The van der Waals surface area contributed by atoms with Gasteiger partial charge in [0.2, 0.25) is 0 Å². The number of fused-ring (bicyclic) bond motifs is 1. The van der Waals surface area contributed by atoms with Gasteiger partial charge in [-0.2, -0.15) is 13.2 Å². The average Bonchev–Trinajstić information content (AvgIpc) is 2.77. The highest BCUT2D eigenvalue weighted by atomic mass is 19.4. The topological polar surface area (TPSA) is 28.4 Å².